The van der Waals surface area contributed by atoms with Crippen LogP contribution in [0.3, 0.4) is 0 Å². The van der Waals surface area contributed by atoms with Crippen LogP contribution in [0.5, 0.6) is 5.88 Å². The van der Waals surface area contributed by atoms with Gasteiger partial charge in [-0.3, -0.25) is 14.2 Å². The number of halogens is 3. The number of nitrogens with one attached hydrogen (secondary N) is 1. The van der Waals surface area contributed by atoms with E-state index >= 15 is 0 Å². The molecule has 0 atom stereocenters. The highest BCUT2D eigenvalue weighted by Gasteiger charge is 2.38. The maximum atomic E-state index is 13.3. The molecule has 17 heteroatoms. The minimum absolute atomic E-state index is 0.154. The molecule has 2 N–H and O–H groups in total. The number of anilines is 1. The van der Waals surface area contributed by atoms with Crippen molar-refractivity contribution < 1.29 is 36.2 Å². The quantitative estimate of drug-likeness (QED) is 0.189. The van der Waals surface area contributed by atoms with Crippen LogP contribution in [0, 0.1) is 0 Å². The van der Waals surface area contributed by atoms with Gasteiger partial charge in [-0.2, -0.15) is 13.2 Å². The summed E-state index contributed by atoms with van der Waals surface area (Å²) in [4.78, 5) is 28.9. The summed E-state index contributed by atoms with van der Waals surface area (Å²) in [5.74, 6) is -2.18. The molecule has 0 saturated carbocycles. The van der Waals surface area contributed by atoms with Crippen LogP contribution in [0.1, 0.15) is 24.6 Å². The lowest BCUT2D eigenvalue weighted by molar-refractivity contribution is -0.192. The number of hydrogen-bond donors (Lipinski definition) is 2. The highest BCUT2D eigenvalue weighted by atomic mass is 32.2. The topological polar surface area (TPSA) is 142 Å². The monoisotopic (exact) mass is 694 g/mol. The largest absolute Gasteiger partial charge is 0.490 e. The number of nitrogens with zero attached hydrogens (tertiary/aromatic N) is 5. The number of piperidine rings is 1. The third kappa shape index (κ3) is 7.83. The van der Waals surface area contributed by atoms with E-state index in [0.717, 1.165) is 54.1 Å². The number of ether oxygens (including phenoxy) is 1. The normalized spacial score (nSPS) is 14.5. The molecule has 0 spiro atoms. The van der Waals surface area contributed by atoms with Gasteiger partial charge in [-0.25, -0.2) is 23.2 Å². The van der Waals surface area contributed by atoms with Crippen LogP contribution in [0.15, 0.2) is 70.8 Å². The van der Waals surface area contributed by atoms with Crippen molar-refractivity contribution in [2.24, 2.45) is 0 Å². The Hall–Kier alpha value is -4.06. The van der Waals surface area contributed by atoms with Gasteiger partial charge in [0.1, 0.15) is 15.3 Å². The first kappa shape index (κ1) is 33.3. The van der Waals surface area contributed by atoms with Crippen LogP contribution in [-0.2, 0) is 21.4 Å². The Balaban J connectivity index is 0.000000537. The summed E-state index contributed by atoms with van der Waals surface area (Å²) >= 11 is 2.89. The van der Waals surface area contributed by atoms with Gasteiger partial charge >= 0.3 is 12.1 Å². The maximum Gasteiger partial charge on any atom is 0.490 e. The zero-order valence-corrected chi connectivity index (χ0v) is 26.8. The van der Waals surface area contributed by atoms with Crippen LogP contribution in [0.25, 0.3) is 21.6 Å². The molecule has 4 aromatic heterocycles. The fourth-order valence-electron chi connectivity index (χ4n) is 4.88. The van der Waals surface area contributed by atoms with Crippen LogP contribution >= 0.6 is 22.7 Å². The molecule has 6 rings (SSSR count). The number of benzene rings is 1. The third-order valence-electron chi connectivity index (χ3n) is 7.00. The van der Waals surface area contributed by atoms with Crippen molar-refractivity contribution in [3.05, 3.63) is 71.4 Å². The number of rotatable bonds is 9. The maximum absolute atomic E-state index is 13.3. The number of thiophene rings is 1. The van der Waals surface area contributed by atoms with Gasteiger partial charge in [0.2, 0.25) is 5.88 Å². The standard InChI is InChI=1S/C27H28N6O3S3.C2HF3O2/c1-2-33(39(34,35)25-7-4-14-37-25)23-6-3-5-19-15-22(31-26(19)23)27-30-16-21(38-27)18-32-12-8-20(9-13-32)36-24-17-28-10-11-29-24;3-2(4,5)1(6)7/h3-7,10-11,14-17,20,31H,2,8-9,12-13,18H2,1H3;(H,6,7). The van der Waals surface area contributed by atoms with E-state index in [4.69, 9.17) is 19.6 Å². The zero-order chi connectivity index (χ0) is 32.9. The summed E-state index contributed by atoms with van der Waals surface area (Å²) in [6.07, 6.45) is 3.83. The molecule has 0 radical (unpaired) electrons. The number of carboxylic acid groups (broad SMARTS) is 1. The van der Waals surface area contributed by atoms with E-state index in [9.17, 15) is 21.6 Å². The van der Waals surface area contributed by atoms with Crippen LogP contribution in [0.2, 0.25) is 0 Å². The van der Waals surface area contributed by atoms with Gasteiger partial charge < -0.3 is 14.8 Å². The van der Waals surface area contributed by atoms with Crippen molar-refractivity contribution in [1.29, 1.82) is 0 Å². The SMILES string of the molecule is CCN(c1cccc2cc(-c3ncc(CN4CCC(Oc5cnccn5)CC4)s3)[nH]c12)S(=O)(=O)c1cccs1.O=C(O)C(F)(F)F. The molecular weight excluding hydrogens is 666 g/mol. The summed E-state index contributed by atoms with van der Waals surface area (Å²) < 4.78 is 66.2. The summed E-state index contributed by atoms with van der Waals surface area (Å²) in [5, 5.41) is 10.7. The number of para-hydroxylation sites is 1. The number of thiazole rings is 1. The van der Waals surface area contributed by atoms with Crippen LogP contribution in [0.4, 0.5) is 18.9 Å². The van der Waals surface area contributed by atoms with E-state index in [2.05, 4.69) is 19.9 Å². The molecule has 1 fully saturated rings. The van der Waals surface area contributed by atoms with Crippen LogP contribution in [-0.4, -0.2) is 76.2 Å². The number of carboxylic acids is 1. The van der Waals surface area contributed by atoms with E-state index < -0.39 is 22.2 Å². The lowest BCUT2D eigenvalue weighted by Gasteiger charge is -2.31. The lowest BCUT2D eigenvalue weighted by Crippen LogP contribution is -2.37. The minimum Gasteiger partial charge on any atom is -0.475 e. The van der Waals surface area contributed by atoms with Gasteiger partial charge in [0, 0.05) is 55.0 Å². The van der Waals surface area contributed by atoms with E-state index in [1.54, 1.807) is 47.4 Å². The Bertz CT molecular complexity index is 1860. The van der Waals surface area contributed by atoms with Crippen LogP contribution < -0.4 is 9.04 Å². The van der Waals surface area contributed by atoms with E-state index in [1.807, 2.05) is 37.4 Å². The molecule has 5 aromatic rings. The average Bonchev–Trinajstić information content (AvgIpc) is 3.81. The smallest absolute Gasteiger partial charge is 0.475 e. The molecule has 11 nitrogen and oxygen atoms in total. The first-order valence-electron chi connectivity index (χ1n) is 14.0. The summed E-state index contributed by atoms with van der Waals surface area (Å²) in [6.45, 7) is 4.91. The Morgan fingerprint density at radius 2 is 1.91 bits per heavy atom. The van der Waals surface area contributed by atoms with Gasteiger partial charge in [-0.1, -0.05) is 18.2 Å². The first-order chi connectivity index (χ1) is 22.0. The number of carbonyl (C=O) groups is 1. The van der Waals surface area contributed by atoms with Gasteiger partial charge in [-0.05, 0) is 43.3 Å². The third-order valence-corrected chi connectivity index (χ3v) is 11.3. The highest BCUT2D eigenvalue weighted by molar-refractivity contribution is 7.94. The molecule has 46 heavy (non-hydrogen) atoms. The van der Waals surface area contributed by atoms with Crippen molar-refractivity contribution in [3.63, 3.8) is 0 Å². The second-order valence-corrected chi connectivity index (χ2v) is 14.2. The van der Waals surface area contributed by atoms with E-state index in [1.165, 1.54) is 20.5 Å². The first-order valence-corrected chi connectivity index (χ1v) is 17.2. The summed E-state index contributed by atoms with van der Waals surface area (Å²) in [6, 6.07) is 11.2. The molecular formula is C29H29F3N6O5S3. The predicted octanol–water partition coefficient (Wildman–Crippen LogP) is 6.03. The molecule has 0 bridgehead atoms. The van der Waals surface area contributed by atoms with Gasteiger partial charge in [0.05, 0.1) is 23.1 Å². The number of aromatic amines is 1. The lowest BCUT2D eigenvalue weighted by atomic mass is 10.1. The van der Waals surface area contributed by atoms with Crippen molar-refractivity contribution in [1.82, 2.24) is 24.8 Å². The molecule has 1 aliphatic heterocycles. The minimum atomic E-state index is -5.08. The second kappa shape index (κ2) is 14.1. The second-order valence-electron chi connectivity index (χ2n) is 10.1. The average molecular weight is 695 g/mol. The molecule has 244 valence electrons. The van der Waals surface area contributed by atoms with Crippen molar-refractivity contribution in [2.75, 3.05) is 23.9 Å². The van der Waals surface area contributed by atoms with Gasteiger partial charge in [0.15, 0.2) is 0 Å². The Morgan fingerprint density at radius 1 is 1.15 bits per heavy atom. The van der Waals surface area contributed by atoms with Gasteiger partial charge in [-0.15, -0.1) is 22.7 Å². The van der Waals surface area contributed by atoms with Gasteiger partial charge in [0.25, 0.3) is 10.0 Å². The van der Waals surface area contributed by atoms with Crippen molar-refractivity contribution in [2.45, 2.75) is 42.8 Å². The van der Waals surface area contributed by atoms with E-state index in [-0.39, 0.29) is 6.10 Å². The number of aliphatic carboxylic acids is 1. The number of alkyl halides is 3. The number of likely N-dealkylation sites (tertiary alicyclic amines) is 1. The summed E-state index contributed by atoms with van der Waals surface area (Å²) in [7, 11) is -3.64. The number of hydrogen-bond acceptors (Lipinski definition) is 10. The number of H-pyrrole nitrogens is 1. The fraction of sp³-hybridized carbons (Fsp3) is 0.310. The molecule has 0 unspecified atom stereocenters. The highest BCUT2D eigenvalue weighted by Crippen LogP contribution is 2.35. The van der Waals surface area contributed by atoms with Crippen molar-refractivity contribution in [3.8, 4) is 16.6 Å². The molecule has 1 aliphatic rings. The zero-order valence-electron chi connectivity index (χ0n) is 24.3. The summed E-state index contributed by atoms with van der Waals surface area (Å²) in [5.41, 5.74) is 2.31. The van der Waals surface area contributed by atoms with E-state index in [0.29, 0.717) is 22.3 Å². The molecule has 0 amide bonds. The van der Waals surface area contributed by atoms with Crippen molar-refractivity contribution >= 4 is 55.3 Å². The Labute approximate surface area is 270 Å². The molecule has 1 saturated heterocycles. The fourth-order valence-corrected chi connectivity index (χ4v) is 8.40. The number of aromatic nitrogens is 4. The number of fused-ring (bicyclic) bond motifs is 1. The molecule has 1 aromatic carbocycles. The molecule has 0 aliphatic carbocycles. The molecule has 5 heterocycles. The number of sulfonamides is 1. The predicted molar refractivity (Wildman–Crippen MR) is 169 cm³/mol. The Morgan fingerprint density at radius 3 is 2.54 bits per heavy atom. The Kier molecular flexibility index (Phi) is 10.2.